The third kappa shape index (κ3) is 7.92. The van der Waals surface area contributed by atoms with Crippen molar-refractivity contribution < 1.29 is 22.7 Å². The molecule has 10 heteroatoms. The summed E-state index contributed by atoms with van der Waals surface area (Å²) in [7, 11) is -1.78. The van der Waals surface area contributed by atoms with Gasteiger partial charge in [-0.25, -0.2) is 13.2 Å². The fraction of sp³-hybridized carbons (Fsp3) is 0.600. The summed E-state index contributed by atoms with van der Waals surface area (Å²) in [6.07, 6.45) is -0.222. The summed E-state index contributed by atoms with van der Waals surface area (Å²) in [6.45, 7) is 5.00. The van der Waals surface area contributed by atoms with Crippen LogP contribution in [0.15, 0.2) is 30.3 Å². The highest BCUT2D eigenvalue weighted by Gasteiger charge is 2.30. The van der Waals surface area contributed by atoms with Crippen LogP contribution in [-0.4, -0.2) is 80.7 Å². The Morgan fingerprint density at radius 3 is 2.37 bits per heavy atom. The van der Waals surface area contributed by atoms with Crippen LogP contribution in [0.3, 0.4) is 0 Å². The first-order valence-corrected chi connectivity index (χ1v) is 11.7. The maximum Gasteiger partial charge on any atom is 0.317 e. The Balaban J connectivity index is 1.64. The summed E-state index contributed by atoms with van der Waals surface area (Å²) >= 11 is 0. The third-order valence-corrected chi connectivity index (χ3v) is 6.50. The van der Waals surface area contributed by atoms with E-state index in [2.05, 4.69) is 10.6 Å². The van der Waals surface area contributed by atoms with Gasteiger partial charge in [0.05, 0.1) is 18.0 Å². The molecular weight excluding hydrogens is 408 g/mol. The zero-order valence-electron chi connectivity index (χ0n) is 17.8. The first-order chi connectivity index (χ1) is 14.2. The number of nitrogens with one attached hydrogen (secondary N) is 2. The molecule has 1 fully saturated rings. The molecule has 0 saturated carbocycles. The molecule has 168 valence electrons. The first kappa shape index (κ1) is 24.1. The fourth-order valence-electron chi connectivity index (χ4n) is 3.24. The molecule has 1 aliphatic heterocycles. The summed E-state index contributed by atoms with van der Waals surface area (Å²) in [5, 5.41) is 5.29. The van der Waals surface area contributed by atoms with Crippen molar-refractivity contribution in [3.8, 4) is 0 Å². The Kier molecular flexibility index (Phi) is 9.07. The predicted molar refractivity (Wildman–Crippen MR) is 114 cm³/mol. The molecule has 30 heavy (non-hydrogen) atoms. The molecule has 9 nitrogen and oxygen atoms in total. The fourth-order valence-corrected chi connectivity index (χ4v) is 4.73. The van der Waals surface area contributed by atoms with Crippen LogP contribution in [0.25, 0.3) is 0 Å². The van der Waals surface area contributed by atoms with Crippen LogP contribution in [0.1, 0.15) is 25.8 Å². The standard InChI is InChI=1S/C20H32N4O5S/c1-16-13-24(14-17(2)29-16)30(27,28)12-11-21-19(25)9-10-22-20(26)23(3)15-18-7-5-4-6-8-18/h4-8,16-17H,9-15H2,1-3H3,(H,21,25)(H,22,26). The molecule has 1 heterocycles. The average Bonchev–Trinajstić information content (AvgIpc) is 2.67. The molecule has 0 spiro atoms. The number of rotatable bonds is 9. The third-order valence-electron chi connectivity index (χ3n) is 4.70. The van der Waals surface area contributed by atoms with Gasteiger partial charge in [-0.05, 0) is 19.4 Å². The van der Waals surface area contributed by atoms with E-state index < -0.39 is 10.0 Å². The number of carbonyl (C=O) groups is 2. The van der Waals surface area contributed by atoms with Crippen molar-refractivity contribution in [2.45, 2.75) is 39.0 Å². The highest BCUT2D eigenvalue weighted by atomic mass is 32.2. The minimum Gasteiger partial charge on any atom is -0.373 e. The molecule has 1 aromatic carbocycles. The van der Waals surface area contributed by atoms with Crippen molar-refractivity contribution in [2.75, 3.05) is 39.0 Å². The Bertz CT molecular complexity index is 793. The maximum atomic E-state index is 12.4. The Morgan fingerprint density at radius 2 is 1.73 bits per heavy atom. The summed E-state index contributed by atoms with van der Waals surface area (Å²) in [5.74, 6) is -0.468. The highest BCUT2D eigenvalue weighted by molar-refractivity contribution is 7.89. The van der Waals surface area contributed by atoms with Gasteiger partial charge in [0.1, 0.15) is 0 Å². The second kappa shape index (κ2) is 11.3. The lowest BCUT2D eigenvalue weighted by Gasteiger charge is -2.34. The Morgan fingerprint density at radius 1 is 1.10 bits per heavy atom. The van der Waals surface area contributed by atoms with Gasteiger partial charge in [0.15, 0.2) is 0 Å². The van der Waals surface area contributed by atoms with Gasteiger partial charge in [0.2, 0.25) is 15.9 Å². The van der Waals surface area contributed by atoms with Crippen LogP contribution < -0.4 is 10.6 Å². The zero-order valence-corrected chi connectivity index (χ0v) is 18.7. The number of hydrogen-bond donors (Lipinski definition) is 2. The molecule has 1 aliphatic rings. The predicted octanol–water partition coefficient (Wildman–Crippen LogP) is 0.773. The number of benzene rings is 1. The Labute approximate surface area is 178 Å². The summed E-state index contributed by atoms with van der Waals surface area (Å²) in [4.78, 5) is 25.6. The number of hydrogen-bond acceptors (Lipinski definition) is 5. The van der Waals surface area contributed by atoms with Gasteiger partial charge >= 0.3 is 6.03 Å². The van der Waals surface area contributed by atoms with Crippen molar-refractivity contribution in [1.29, 1.82) is 0 Å². The normalized spacial score (nSPS) is 19.8. The number of morpholine rings is 1. The minimum atomic E-state index is -3.46. The molecule has 0 bridgehead atoms. The maximum absolute atomic E-state index is 12.4. The van der Waals surface area contributed by atoms with E-state index in [1.165, 1.54) is 9.21 Å². The van der Waals surface area contributed by atoms with Crippen molar-refractivity contribution in [3.05, 3.63) is 35.9 Å². The quantitative estimate of drug-likeness (QED) is 0.590. The topological polar surface area (TPSA) is 108 Å². The van der Waals surface area contributed by atoms with Crippen molar-refractivity contribution in [3.63, 3.8) is 0 Å². The van der Waals surface area contributed by atoms with E-state index in [1.54, 1.807) is 7.05 Å². The molecule has 0 radical (unpaired) electrons. The number of nitrogens with zero attached hydrogens (tertiary/aromatic N) is 2. The number of sulfonamides is 1. The molecule has 2 rings (SSSR count). The summed E-state index contributed by atoms with van der Waals surface area (Å²) < 4.78 is 31.9. The SMILES string of the molecule is CC1CN(S(=O)(=O)CCNC(=O)CCNC(=O)N(C)Cc2ccccc2)CC(C)O1. The van der Waals surface area contributed by atoms with Gasteiger partial charge in [-0.3, -0.25) is 4.79 Å². The molecule has 2 atom stereocenters. The smallest absolute Gasteiger partial charge is 0.317 e. The van der Waals surface area contributed by atoms with Gasteiger partial charge in [-0.1, -0.05) is 30.3 Å². The second-order valence-corrected chi connectivity index (χ2v) is 9.65. The van der Waals surface area contributed by atoms with Gasteiger partial charge in [-0.15, -0.1) is 0 Å². The Hall–Kier alpha value is -2.17. The lowest BCUT2D eigenvalue weighted by atomic mass is 10.2. The van der Waals surface area contributed by atoms with E-state index in [4.69, 9.17) is 4.74 Å². The highest BCUT2D eigenvalue weighted by Crippen LogP contribution is 2.14. The molecule has 3 amide bonds. The van der Waals surface area contributed by atoms with Crippen LogP contribution >= 0.6 is 0 Å². The zero-order chi connectivity index (χ0) is 22.1. The van der Waals surface area contributed by atoms with E-state index in [0.29, 0.717) is 19.6 Å². The van der Waals surface area contributed by atoms with Crippen LogP contribution in [0.2, 0.25) is 0 Å². The molecule has 0 aromatic heterocycles. The van der Waals surface area contributed by atoms with E-state index in [-0.39, 0.29) is 49.4 Å². The molecular formula is C20H32N4O5S. The summed E-state index contributed by atoms with van der Waals surface area (Å²) in [6, 6.07) is 9.32. The molecule has 0 aliphatic carbocycles. The van der Waals surface area contributed by atoms with Crippen molar-refractivity contribution in [2.24, 2.45) is 0 Å². The van der Waals surface area contributed by atoms with E-state index in [9.17, 15) is 18.0 Å². The van der Waals surface area contributed by atoms with Crippen LogP contribution in [0.4, 0.5) is 4.79 Å². The second-order valence-electron chi connectivity index (χ2n) is 7.56. The summed E-state index contributed by atoms with van der Waals surface area (Å²) in [5.41, 5.74) is 1.01. The van der Waals surface area contributed by atoms with Crippen LogP contribution in [-0.2, 0) is 26.1 Å². The van der Waals surface area contributed by atoms with E-state index in [0.717, 1.165) is 5.56 Å². The lowest BCUT2D eigenvalue weighted by Crippen LogP contribution is -2.49. The van der Waals surface area contributed by atoms with Gasteiger partial charge < -0.3 is 20.3 Å². The average molecular weight is 441 g/mol. The van der Waals surface area contributed by atoms with Crippen LogP contribution in [0.5, 0.6) is 0 Å². The van der Waals surface area contributed by atoms with Crippen molar-refractivity contribution >= 4 is 22.0 Å². The lowest BCUT2D eigenvalue weighted by molar-refractivity contribution is -0.120. The van der Waals surface area contributed by atoms with Gasteiger partial charge in [-0.2, -0.15) is 4.31 Å². The first-order valence-electron chi connectivity index (χ1n) is 10.1. The van der Waals surface area contributed by atoms with Crippen LogP contribution in [0, 0.1) is 0 Å². The van der Waals surface area contributed by atoms with Gasteiger partial charge in [0, 0.05) is 46.2 Å². The van der Waals surface area contributed by atoms with Gasteiger partial charge in [0.25, 0.3) is 0 Å². The number of ether oxygens (including phenoxy) is 1. The molecule has 2 N–H and O–H groups in total. The van der Waals surface area contributed by atoms with E-state index in [1.807, 2.05) is 44.2 Å². The molecule has 2 unspecified atom stereocenters. The number of amides is 3. The number of urea groups is 1. The van der Waals surface area contributed by atoms with Crippen molar-refractivity contribution in [1.82, 2.24) is 19.8 Å². The molecule has 1 aromatic rings. The monoisotopic (exact) mass is 440 g/mol. The largest absolute Gasteiger partial charge is 0.373 e. The molecule has 1 saturated heterocycles. The minimum absolute atomic E-state index is 0.0309. The number of carbonyl (C=O) groups excluding carboxylic acids is 2. The van der Waals surface area contributed by atoms with E-state index >= 15 is 0 Å².